The fourth-order valence-corrected chi connectivity index (χ4v) is 1.71. The molecule has 0 atom stereocenters. The van der Waals surface area contributed by atoms with Crippen molar-refractivity contribution in [2.24, 2.45) is 0 Å². The Morgan fingerprint density at radius 3 is 2.89 bits per heavy atom. The number of hydrogen-bond acceptors (Lipinski definition) is 5. The Bertz CT molecular complexity index is 468. The van der Waals surface area contributed by atoms with Crippen LogP contribution in [0.3, 0.4) is 0 Å². The fourth-order valence-electron chi connectivity index (χ4n) is 1.71. The molecule has 9 nitrogen and oxygen atoms in total. The van der Waals surface area contributed by atoms with Gasteiger partial charge in [-0.1, -0.05) is 5.21 Å². The molecular formula is C10H15N5O4. The van der Waals surface area contributed by atoms with Crippen LogP contribution in [-0.4, -0.2) is 70.4 Å². The van der Waals surface area contributed by atoms with E-state index < -0.39 is 5.97 Å². The molecule has 104 valence electrons. The number of carbonyl (C=O) groups excluding carboxylic acids is 1. The fraction of sp³-hybridized carbons (Fsp3) is 0.600. The quantitative estimate of drug-likeness (QED) is 0.676. The summed E-state index contributed by atoms with van der Waals surface area (Å²) in [5.74, 6) is -1.11. The minimum atomic E-state index is -1.11. The lowest BCUT2D eigenvalue weighted by Gasteiger charge is -2.38. The van der Waals surface area contributed by atoms with Crippen molar-refractivity contribution >= 4 is 12.0 Å². The highest BCUT2D eigenvalue weighted by atomic mass is 16.5. The van der Waals surface area contributed by atoms with Crippen LogP contribution in [0.15, 0.2) is 6.20 Å². The summed E-state index contributed by atoms with van der Waals surface area (Å²) in [5, 5.41) is 18.7. The van der Waals surface area contributed by atoms with Crippen LogP contribution in [0.25, 0.3) is 0 Å². The van der Waals surface area contributed by atoms with Gasteiger partial charge >= 0.3 is 12.0 Å². The van der Waals surface area contributed by atoms with Gasteiger partial charge in [0, 0.05) is 26.7 Å². The van der Waals surface area contributed by atoms with Crippen molar-refractivity contribution in [1.29, 1.82) is 0 Å². The van der Waals surface area contributed by atoms with Crippen molar-refractivity contribution < 1.29 is 19.4 Å². The molecule has 2 amide bonds. The zero-order chi connectivity index (χ0) is 13.8. The lowest BCUT2D eigenvalue weighted by molar-refractivity contribution is 0.0690. The molecule has 1 aromatic heterocycles. The van der Waals surface area contributed by atoms with E-state index in [9.17, 15) is 9.59 Å². The molecule has 2 rings (SSSR count). The molecule has 19 heavy (non-hydrogen) atoms. The van der Waals surface area contributed by atoms with E-state index in [0.717, 1.165) is 0 Å². The minimum absolute atomic E-state index is 0.0197. The van der Waals surface area contributed by atoms with E-state index in [-0.39, 0.29) is 17.8 Å². The first-order valence-electron chi connectivity index (χ1n) is 5.78. The number of likely N-dealkylation sites (tertiary alicyclic amines) is 1. The van der Waals surface area contributed by atoms with E-state index in [0.29, 0.717) is 26.2 Å². The standard InChI is InChI=1S/C10H15N5O4/c1-19-3-2-11-10(18)14-4-7(5-14)15-6-8(9(16)17)12-13-15/h6-7H,2-5H2,1H3,(H,11,18)(H,16,17). The van der Waals surface area contributed by atoms with Gasteiger partial charge in [0.1, 0.15) is 0 Å². The number of nitrogens with one attached hydrogen (secondary N) is 1. The average Bonchev–Trinajstić information content (AvgIpc) is 2.77. The lowest BCUT2D eigenvalue weighted by atomic mass is 10.1. The first-order chi connectivity index (χ1) is 9.11. The van der Waals surface area contributed by atoms with Crippen LogP contribution in [-0.2, 0) is 4.74 Å². The van der Waals surface area contributed by atoms with Crippen LogP contribution in [0.4, 0.5) is 4.79 Å². The largest absolute Gasteiger partial charge is 0.476 e. The monoisotopic (exact) mass is 269 g/mol. The van der Waals surface area contributed by atoms with Gasteiger partial charge in [0.05, 0.1) is 18.8 Å². The molecular weight excluding hydrogens is 254 g/mol. The summed E-state index contributed by atoms with van der Waals surface area (Å²) in [4.78, 5) is 23.9. The van der Waals surface area contributed by atoms with Crippen LogP contribution in [0, 0.1) is 0 Å². The van der Waals surface area contributed by atoms with Gasteiger partial charge in [-0.3, -0.25) is 0 Å². The predicted molar refractivity (Wildman–Crippen MR) is 62.9 cm³/mol. The molecule has 1 aliphatic rings. The van der Waals surface area contributed by atoms with Gasteiger partial charge in [-0.25, -0.2) is 14.3 Å². The predicted octanol–water partition coefficient (Wildman–Crippen LogP) is -0.811. The number of methoxy groups -OCH3 is 1. The van der Waals surface area contributed by atoms with E-state index in [1.54, 1.807) is 12.0 Å². The summed E-state index contributed by atoms with van der Waals surface area (Å²) in [5.41, 5.74) is -0.0944. The van der Waals surface area contributed by atoms with Gasteiger partial charge in [-0.2, -0.15) is 0 Å². The Balaban J connectivity index is 1.78. The SMILES string of the molecule is COCCNC(=O)N1CC(n2cc(C(=O)O)nn2)C1. The molecule has 2 N–H and O–H groups in total. The number of aromatic nitrogens is 3. The second-order valence-electron chi connectivity index (χ2n) is 4.17. The van der Waals surface area contributed by atoms with Gasteiger partial charge < -0.3 is 20.1 Å². The van der Waals surface area contributed by atoms with Gasteiger partial charge in [-0.15, -0.1) is 5.10 Å². The number of rotatable bonds is 5. The van der Waals surface area contributed by atoms with Crippen LogP contribution >= 0.6 is 0 Å². The van der Waals surface area contributed by atoms with E-state index in [1.807, 2.05) is 0 Å². The molecule has 1 aliphatic heterocycles. The molecule has 9 heteroatoms. The van der Waals surface area contributed by atoms with Gasteiger partial charge in [0.2, 0.25) is 0 Å². The Kier molecular flexibility index (Phi) is 3.95. The highest BCUT2D eigenvalue weighted by Gasteiger charge is 2.32. The highest BCUT2D eigenvalue weighted by Crippen LogP contribution is 2.20. The number of hydrogen-bond donors (Lipinski definition) is 2. The Labute approximate surface area is 109 Å². The second kappa shape index (κ2) is 5.65. The van der Waals surface area contributed by atoms with Crippen molar-refractivity contribution in [3.8, 4) is 0 Å². The summed E-state index contributed by atoms with van der Waals surface area (Å²) in [7, 11) is 1.57. The molecule has 0 saturated carbocycles. The molecule has 0 radical (unpaired) electrons. The first kappa shape index (κ1) is 13.3. The Morgan fingerprint density at radius 1 is 1.58 bits per heavy atom. The zero-order valence-corrected chi connectivity index (χ0v) is 10.4. The number of amides is 2. The summed E-state index contributed by atoms with van der Waals surface area (Å²) in [6.07, 6.45) is 1.37. The number of carboxylic acid groups (broad SMARTS) is 1. The Morgan fingerprint density at radius 2 is 2.32 bits per heavy atom. The van der Waals surface area contributed by atoms with Crippen molar-refractivity contribution in [3.63, 3.8) is 0 Å². The van der Waals surface area contributed by atoms with Crippen molar-refractivity contribution in [2.45, 2.75) is 6.04 Å². The van der Waals surface area contributed by atoms with Crippen molar-refractivity contribution in [3.05, 3.63) is 11.9 Å². The van der Waals surface area contributed by atoms with Crippen molar-refractivity contribution in [2.75, 3.05) is 33.4 Å². The molecule has 0 aliphatic carbocycles. The average molecular weight is 269 g/mol. The lowest BCUT2D eigenvalue weighted by Crippen LogP contribution is -2.54. The van der Waals surface area contributed by atoms with Gasteiger partial charge in [0.25, 0.3) is 0 Å². The van der Waals surface area contributed by atoms with Crippen LogP contribution in [0.5, 0.6) is 0 Å². The maximum absolute atomic E-state index is 11.6. The number of carbonyl (C=O) groups is 2. The molecule has 0 spiro atoms. The molecule has 0 aromatic carbocycles. The van der Waals surface area contributed by atoms with Gasteiger partial charge in [0.15, 0.2) is 5.69 Å². The summed E-state index contributed by atoms with van der Waals surface area (Å²) in [6.45, 7) is 1.90. The topological polar surface area (TPSA) is 110 Å². The van der Waals surface area contributed by atoms with E-state index in [1.165, 1.54) is 10.9 Å². The zero-order valence-electron chi connectivity index (χ0n) is 10.4. The second-order valence-corrected chi connectivity index (χ2v) is 4.17. The number of aromatic carboxylic acids is 1. The van der Waals surface area contributed by atoms with E-state index in [2.05, 4.69) is 15.6 Å². The normalized spacial score (nSPS) is 15.1. The number of carboxylic acids is 1. The molecule has 1 fully saturated rings. The van der Waals surface area contributed by atoms with Crippen LogP contribution in [0.2, 0.25) is 0 Å². The van der Waals surface area contributed by atoms with E-state index in [4.69, 9.17) is 9.84 Å². The number of ether oxygens (including phenoxy) is 1. The maximum atomic E-state index is 11.6. The molecule has 0 bridgehead atoms. The summed E-state index contributed by atoms with van der Waals surface area (Å²) >= 11 is 0. The molecule has 2 heterocycles. The summed E-state index contributed by atoms with van der Waals surface area (Å²) in [6, 6.07) is -0.180. The maximum Gasteiger partial charge on any atom is 0.358 e. The first-order valence-corrected chi connectivity index (χ1v) is 5.78. The smallest absolute Gasteiger partial charge is 0.358 e. The molecule has 0 unspecified atom stereocenters. The summed E-state index contributed by atoms with van der Waals surface area (Å²) < 4.78 is 6.30. The van der Waals surface area contributed by atoms with Crippen LogP contribution in [0.1, 0.15) is 16.5 Å². The molecule has 1 aromatic rings. The number of nitrogens with zero attached hydrogens (tertiary/aromatic N) is 4. The Hall–Kier alpha value is -2.16. The minimum Gasteiger partial charge on any atom is -0.476 e. The van der Waals surface area contributed by atoms with Crippen molar-refractivity contribution in [1.82, 2.24) is 25.2 Å². The third-order valence-corrected chi connectivity index (χ3v) is 2.84. The van der Waals surface area contributed by atoms with Crippen LogP contribution < -0.4 is 5.32 Å². The number of urea groups is 1. The highest BCUT2D eigenvalue weighted by molar-refractivity contribution is 5.84. The van der Waals surface area contributed by atoms with E-state index >= 15 is 0 Å². The third-order valence-electron chi connectivity index (χ3n) is 2.84. The van der Waals surface area contributed by atoms with Gasteiger partial charge in [-0.05, 0) is 0 Å². The molecule has 1 saturated heterocycles. The third kappa shape index (κ3) is 2.99.